The molecule has 0 atom stereocenters. The summed E-state index contributed by atoms with van der Waals surface area (Å²) in [6.07, 6.45) is 6.83. The van der Waals surface area contributed by atoms with Crippen molar-refractivity contribution in [2.75, 3.05) is 27.2 Å². The molecule has 1 aliphatic heterocycles. The van der Waals surface area contributed by atoms with E-state index < -0.39 is 0 Å². The van der Waals surface area contributed by atoms with Crippen molar-refractivity contribution in [3.8, 4) is 5.69 Å². The van der Waals surface area contributed by atoms with E-state index in [1.165, 1.54) is 0 Å². The number of rotatable bonds is 4. The van der Waals surface area contributed by atoms with Crippen molar-refractivity contribution < 1.29 is 9.59 Å². The standard InChI is InChI=1S/C19H25N5O2/c1-22(2)18(25)16-7-10-23(11-8-16)19(26)21-13-15-3-5-17(6-4-15)24-12-9-20-14-24/h3-6,9,12,14,16H,7-8,10-11,13H2,1-2H3,(H,21,26). The first-order valence-electron chi connectivity index (χ1n) is 8.86. The highest BCUT2D eigenvalue weighted by atomic mass is 16.2. The SMILES string of the molecule is CN(C)C(=O)C1CCN(C(=O)NCc2ccc(-n3ccnc3)cc2)CC1. The van der Waals surface area contributed by atoms with Gasteiger partial charge in [0.1, 0.15) is 0 Å². The van der Waals surface area contributed by atoms with E-state index in [2.05, 4.69) is 10.3 Å². The molecule has 1 aromatic heterocycles. The molecule has 3 amide bonds. The maximum atomic E-state index is 12.3. The highest BCUT2D eigenvalue weighted by Gasteiger charge is 2.27. The molecule has 1 fully saturated rings. The molecule has 0 aliphatic carbocycles. The van der Waals surface area contributed by atoms with Crippen molar-refractivity contribution in [1.82, 2.24) is 24.7 Å². The molecule has 2 aromatic rings. The van der Waals surface area contributed by atoms with Gasteiger partial charge >= 0.3 is 6.03 Å². The van der Waals surface area contributed by atoms with Crippen LogP contribution < -0.4 is 5.32 Å². The lowest BCUT2D eigenvalue weighted by Gasteiger charge is -2.32. The van der Waals surface area contributed by atoms with Crippen LogP contribution in [0.3, 0.4) is 0 Å². The molecule has 2 heterocycles. The minimum atomic E-state index is -0.0700. The van der Waals surface area contributed by atoms with E-state index in [1.54, 1.807) is 36.4 Å². The first-order chi connectivity index (χ1) is 12.5. The Balaban J connectivity index is 1.46. The van der Waals surface area contributed by atoms with Crippen LogP contribution in [0.4, 0.5) is 4.79 Å². The van der Waals surface area contributed by atoms with Crippen LogP contribution in [0.15, 0.2) is 43.0 Å². The lowest BCUT2D eigenvalue weighted by molar-refractivity contribution is -0.134. The Hall–Kier alpha value is -2.83. The van der Waals surface area contributed by atoms with E-state index in [0.29, 0.717) is 19.6 Å². The van der Waals surface area contributed by atoms with Crippen LogP contribution in [-0.4, -0.2) is 58.5 Å². The van der Waals surface area contributed by atoms with Gasteiger partial charge in [-0.2, -0.15) is 0 Å². The predicted molar refractivity (Wildman–Crippen MR) is 98.8 cm³/mol. The van der Waals surface area contributed by atoms with E-state index in [-0.39, 0.29) is 17.9 Å². The topological polar surface area (TPSA) is 70.5 Å². The van der Waals surface area contributed by atoms with Gasteiger partial charge in [-0.15, -0.1) is 0 Å². The van der Waals surface area contributed by atoms with Crippen LogP contribution in [0.2, 0.25) is 0 Å². The first-order valence-corrected chi connectivity index (χ1v) is 8.86. The molecule has 1 aromatic carbocycles. The first kappa shape index (κ1) is 18.0. The second-order valence-corrected chi connectivity index (χ2v) is 6.79. The summed E-state index contributed by atoms with van der Waals surface area (Å²) in [7, 11) is 3.55. The van der Waals surface area contributed by atoms with Gasteiger partial charge in [0.15, 0.2) is 0 Å². The summed E-state index contributed by atoms with van der Waals surface area (Å²) < 4.78 is 1.93. The van der Waals surface area contributed by atoms with Crippen LogP contribution in [0.25, 0.3) is 5.69 Å². The van der Waals surface area contributed by atoms with Gasteiger partial charge in [0, 0.05) is 57.7 Å². The molecule has 7 heteroatoms. The van der Waals surface area contributed by atoms with E-state index >= 15 is 0 Å². The summed E-state index contributed by atoms with van der Waals surface area (Å²) in [4.78, 5) is 31.8. The molecule has 1 N–H and O–H groups in total. The zero-order chi connectivity index (χ0) is 18.5. The summed E-state index contributed by atoms with van der Waals surface area (Å²) >= 11 is 0. The van der Waals surface area contributed by atoms with Gasteiger partial charge < -0.3 is 19.7 Å². The monoisotopic (exact) mass is 355 g/mol. The predicted octanol–water partition coefficient (Wildman–Crippen LogP) is 1.88. The number of urea groups is 1. The number of amides is 3. The summed E-state index contributed by atoms with van der Waals surface area (Å²) in [6.45, 7) is 1.73. The fourth-order valence-electron chi connectivity index (χ4n) is 3.18. The number of imidazole rings is 1. The number of nitrogens with zero attached hydrogens (tertiary/aromatic N) is 4. The number of nitrogens with one attached hydrogen (secondary N) is 1. The van der Waals surface area contributed by atoms with Gasteiger partial charge in [-0.25, -0.2) is 9.78 Å². The highest BCUT2D eigenvalue weighted by Crippen LogP contribution is 2.19. The Morgan fingerprint density at radius 1 is 1.19 bits per heavy atom. The molecule has 138 valence electrons. The van der Waals surface area contributed by atoms with Crippen molar-refractivity contribution in [3.63, 3.8) is 0 Å². The number of aromatic nitrogens is 2. The molecule has 3 rings (SSSR count). The average molecular weight is 355 g/mol. The number of hydrogen-bond acceptors (Lipinski definition) is 3. The van der Waals surface area contributed by atoms with Crippen molar-refractivity contribution in [2.45, 2.75) is 19.4 Å². The number of piperidine rings is 1. The Bertz CT molecular complexity index is 732. The molecular weight excluding hydrogens is 330 g/mol. The average Bonchev–Trinajstić information content (AvgIpc) is 3.20. The van der Waals surface area contributed by atoms with Crippen molar-refractivity contribution in [3.05, 3.63) is 48.5 Å². The van der Waals surface area contributed by atoms with Crippen molar-refractivity contribution in [2.24, 2.45) is 5.92 Å². The molecule has 1 aliphatic rings. The molecule has 0 unspecified atom stereocenters. The largest absolute Gasteiger partial charge is 0.349 e. The number of benzene rings is 1. The molecule has 7 nitrogen and oxygen atoms in total. The lowest BCUT2D eigenvalue weighted by Crippen LogP contribution is -2.46. The number of likely N-dealkylation sites (tertiary alicyclic amines) is 1. The molecule has 0 bridgehead atoms. The zero-order valence-electron chi connectivity index (χ0n) is 15.3. The van der Waals surface area contributed by atoms with E-state index in [4.69, 9.17) is 0 Å². The smallest absolute Gasteiger partial charge is 0.317 e. The van der Waals surface area contributed by atoms with Crippen molar-refractivity contribution >= 4 is 11.9 Å². The third-order valence-electron chi connectivity index (χ3n) is 4.75. The van der Waals surface area contributed by atoms with Crippen LogP contribution in [0, 0.1) is 5.92 Å². The molecule has 0 saturated carbocycles. The Morgan fingerprint density at radius 2 is 1.88 bits per heavy atom. The van der Waals surface area contributed by atoms with Gasteiger partial charge in [-0.05, 0) is 30.5 Å². The summed E-state index contributed by atoms with van der Waals surface area (Å²) in [5.41, 5.74) is 2.07. The van der Waals surface area contributed by atoms with E-state index in [9.17, 15) is 9.59 Å². The van der Waals surface area contributed by atoms with Crippen LogP contribution in [-0.2, 0) is 11.3 Å². The van der Waals surface area contributed by atoms with Crippen LogP contribution in [0.5, 0.6) is 0 Å². The molecule has 0 spiro atoms. The maximum Gasteiger partial charge on any atom is 0.317 e. The molecule has 26 heavy (non-hydrogen) atoms. The van der Waals surface area contributed by atoms with Gasteiger partial charge in [0.2, 0.25) is 5.91 Å². The Labute approximate surface area is 153 Å². The van der Waals surface area contributed by atoms with Gasteiger partial charge in [0.05, 0.1) is 6.33 Å². The molecule has 1 saturated heterocycles. The third-order valence-corrected chi connectivity index (χ3v) is 4.75. The molecular formula is C19H25N5O2. The second-order valence-electron chi connectivity index (χ2n) is 6.79. The fourth-order valence-corrected chi connectivity index (χ4v) is 3.18. The van der Waals surface area contributed by atoms with Gasteiger partial charge in [0.25, 0.3) is 0 Å². The number of carbonyl (C=O) groups excluding carboxylic acids is 2. The quantitative estimate of drug-likeness (QED) is 0.910. The normalized spacial score (nSPS) is 14.9. The summed E-state index contributed by atoms with van der Waals surface area (Å²) in [5.74, 6) is 0.188. The van der Waals surface area contributed by atoms with Crippen LogP contribution >= 0.6 is 0 Å². The minimum absolute atomic E-state index is 0.0322. The van der Waals surface area contributed by atoms with Crippen LogP contribution in [0.1, 0.15) is 18.4 Å². The maximum absolute atomic E-state index is 12.3. The van der Waals surface area contributed by atoms with Gasteiger partial charge in [-0.1, -0.05) is 12.1 Å². The number of carbonyl (C=O) groups is 2. The third kappa shape index (κ3) is 4.22. The van der Waals surface area contributed by atoms with E-state index in [1.807, 2.05) is 35.0 Å². The lowest BCUT2D eigenvalue weighted by atomic mass is 9.96. The fraction of sp³-hybridized carbons (Fsp3) is 0.421. The highest BCUT2D eigenvalue weighted by molar-refractivity contribution is 5.79. The Kier molecular flexibility index (Phi) is 5.55. The number of hydrogen-bond donors (Lipinski definition) is 1. The Morgan fingerprint density at radius 3 is 2.46 bits per heavy atom. The summed E-state index contributed by atoms with van der Waals surface area (Å²) in [6, 6.07) is 7.93. The minimum Gasteiger partial charge on any atom is -0.349 e. The molecule has 0 radical (unpaired) electrons. The van der Waals surface area contributed by atoms with Gasteiger partial charge in [-0.3, -0.25) is 4.79 Å². The summed E-state index contributed by atoms with van der Waals surface area (Å²) in [5, 5.41) is 2.96. The second kappa shape index (κ2) is 8.03. The van der Waals surface area contributed by atoms with E-state index in [0.717, 1.165) is 24.1 Å². The van der Waals surface area contributed by atoms with Crippen molar-refractivity contribution in [1.29, 1.82) is 0 Å². The zero-order valence-corrected chi connectivity index (χ0v) is 15.3.